The van der Waals surface area contributed by atoms with Crippen molar-refractivity contribution < 1.29 is 19.4 Å². The Morgan fingerprint density at radius 2 is 2.29 bits per heavy atom. The Bertz CT molecular complexity index is 818. The average molecular weight is 395 g/mol. The molecule has 2 aromatic rings. The zero-order valence-electron chi connectivity index (χ0n) is 13.0. The van der Waals surface area contributed by atoms with Gasteiger partial charge in [0.2, 0.25) is 5.95 Å². The Morgan fingerprint density at radius 3 is 2.96 bits per heavy atom. The molecule has 0 aliphatic carbocycles. The number of carbonyl (C=O) groups is 1. The minimum atomic E-state index is -1.06. The number of rotatable bonds is 5. The number of benzene rings is 1. The highest BCUT2D eigenvalue weighted by molar-refractivity contribution is 9.10. The molecular formula is C15H15BrN4O4. The first-order valence-electron chi connectivity index (χ1n) is 7.17. The van der Waals surface area contributed by atoms with Gasteiger partial charge in [0.15, 0.2) is 11.5 Å². The number of hydrogen-bond donors (Lipinski definition) is 2. The van der Waals surface area contributed by atoms with Crippen molar-refractivity contribution in [1.29, 1.82) is 0 Å². The van der Waals surface area contributed by atoms with E-state index in [1.807, 2.05) is 13.0 Å². The summed E-state index contributed by atoms with van der Waals surface area (Å²) in [6.07, 6.45) is 2.94. The van der Waals surface area contributed by atoms with Crippen molar-refractivity contribution in [3.05, 3.63) is 40.3 Å². The van der Waals surface area contributed by atoms with Gasteiger partial charge in [-0.2, -0.15) is 10.1 Å². The van der Waals surface area contributed by atoms with E-state index in [9.17, 15) is 9.90 Å². The van der Waals surface area contributed by atoms with Crippen molar-refractivity contribution in [2.45, 2.75) is 13.0 Å². The van der Waals surface area contributed by atoms with Crippen LogP contribution in [0.25, 0.3) is 0 Å². The largest absolute Gasteiger partial charge is 0.493 e. The highest BCUT2D eigenvalue weighted by Crippen LogP contribution is 2.40. The minimum absolute atomic E-state index is 0.0458. The fourth-order valence-corrected chi connectivity index (χ4v) is 3.07. The summed E-state index contributed by atoms with van der Waals surface area (Å²) < 4.78 is 13.3. The Labute approximate surface area is 146 Å². The number of aliphatic carboxylic acids is 1. The Morgan fingerprint density at radius 1 is 1.50 bits per heavy atom. The molecule has 1 atom stereocenters. The maximum Gasteiger partial charge on any atom is 0.352 e. The van der Waals surface area contributed by atoms with Crippen molar-refractivity contribution in [2.75, 3.05) is 19.0 Å². The fourth-order valence-electron chi connectivity index (χ4n) is 2.49. The lowest BCUT2D eigenvalue weighted by molar-refractivity contribution is -0.132. The SMILES string of the molecule is CCOc1c(Br)cc(C2C=C(C(=O)O)Nc3ncnn32)cc1OC. The van der Waals surface area contributed by atoms with Gasteiger partial charge in [-0.3, -0.25) is 0 Å². The number of halogens is 1. The zero-order valence-corrected chi connectivity index (χ0v) is 14.6. The van der Waals surface area contributed by atoms with Crippen LogP contribution >= 0.6 is 15.9 Å². The molecule has 1 aromatic carbocycles. The number of methoxy groups -OCH3 is 1. The van der Waals surface area contributed by atoms with Gasteiger partial charge in [0.1, 0.15) is 18.1 Å². The molecule has 1 aliphatic heterocycles. The number of anilines is 1. The normalized spacial score (nSPS) is 16.0. The molecule has 126 valence electrons. The van der Waals surface area contributed by atoms with Gasteiger partial charge >= 0.3 is 5.97 Å². The van der Waals surface area contributed by atoms with Gasteiger partial charge < -0.3 is 19.9 Å². The number of carboxylic acid groups (broad SMARTS) is 1. The molecule has 0 saturated heterocycles. The number of hydrogen-bond acceptors (Lipinski definition) is 6. The molecular weight excluding hydrogens is 380 g/mol. The van der Waals surface area contributed by atoms with Crippen molar-refractivity contribution in [3.8, 4) is 11.5 Å². The van der Waals surface area contributed by atoms with Crippen molar-refractivity contribution >= 4 is 27.8 Å². The van der Waals surface area contributed by atoms with Crippen molar-refractivity contribution in [3.63, 3.8) is 0 Å². The number of nitrogens with one attached hydrogen (secondary N) is 1. The summed E-state index contributed by atoms with van der Waals surface area (Å²) >= 11 is 3.48. The molecule has 9 heteroatoms. The molecule has 0 amide bonds. The summed E-state index contributed by atoms with van der Waals surface area (Å²) in [5.74, 6) is 0.445. The second kappa shape index (κ2) is 6.52. The first kappa shape index (κ1) is 16.3. The van der Waals surface area contributed by atoms with Gasteiger partial charge in [-0.25, -0.2) is 9.48 Å². The quantitative estimate of drug-likeness (QED) is 0.803. The summed E-state index contributed by atoms with van der Waals surface area (Å²) in [5, 5.41) is 16.2. The third-order valence-corrected chi connectivity index (χ3v) is 4.11. The van der Waals surface area contributed by atoms with E-state index in [2.05, 4.69) is 31.3 Å². The van der Waals surface area contributed by atoms with Crippen LogP contribution in [0.2, 0.25) is 0 Å². The number of carboxylic acids is 1. The van der Waals surface area contributed by atoms with Crippen LogP contribution in [0.3, 0.4) is 0 Å². The zero-order chi connectivity index (χ0) is 17.3. The summed E-state index contributed by atoms with van der Waals surface area (Å²) in [4.78, 5) is 15.4. The highest BCUT2D eigenvalue weighted by atomic mass is 79.9. The molecule has 3 rings (SSSR count). The van der Waals surface area contributed by atoms with Gasteiger partial charge in [0.25, 0.3) is 0 Å². The number of allylic oxidation sites excluding steroid dienone is 1. The molecule has 24 heavy (non-hydrogen) atoms. The average Bonchev–Trinajstić information content (AvgIpc) is 3.04. The van der Waals surface area contributed by atoms with E-state index < -0.39 is 12.0 Å². The van der Waals surface area contributed by atoms with Crippen LogP contribution in [-0.4, -0.2) is 39.6 Å². The van der Waals surface area contributed by atoms with Crippen LogP contribution in [0.5, 0.6) is 11.5 Å². The summed E-state index contributed by atoms with van der Waals surface area (Å²) in [6, 6.07) is 3.22. The Kier molecular flexibility index (Phi) is 4.43. The van der Waals surface area contributed by atoms with E-state index in [4.69, 9.17) is 9.47 Å². The lowest BCUT2D eigenvalue weighted by Gasteiger charge is -2.23. The monoisotopic (exact) mass is 394 g/mol. The number of nitrogens with zero attached hydrogens (tertiary/aromatic N) is 3. The summed E-state index contributed by atoms with van der Waals surface area (Å²) in [6.45, 7) is 2.38. The Balaban J connectivity index is 2.11. The molecule has 0 bridgehead atoms. The second-order valence-electron chi connectivity index (χ2n) is 4.95. The molecule has 0 radical (unpaired) electrons. The summed E-state index contributed by atoms with van der Waals surface area (Å²) in [5.41, 5.74) is 0.832. The molecule has 0 fully saturated rings. The maximum atomic E-state index is 11.4. The lowest BCUT2D eigenvalue weighted by atomic mass is 10.0. The van der Waals surface area contributed by atoms with Crippen molar-refractivity contribution in [2.24, 2.45) is 0 Å². The summed E-state index contributed by atoms with van der Waals surface area (Å²) in [7, 11) is 1.55. The van der Waals surface area contributed by atoms with Crippen LogP contribution in [0.1, 0.15) is 18.5 Å². The molecule has 1 unspecified atom stereocenters. The second-order valence-corrected chi connectivity index (χ2v) is 5.81. The molecule has 2 N–H and O–H groups in total. The van der Waals surface area contributed by atoms with Crippen LogP contribution in [0.15, 0.2) is 34.7 Å². The van der Waals surface area contributed by atoms with Gasteiger partial charge in [-0.15, -0.1) is 0 Å². The topological polar surface area (TPSA) is 98.5 Å². The molecule has 0 saturated carbocycles. The molecule has 8 nitrogen and oxygen atoms in total. The highest BCUT2D eigenvalue weighted by Gasteiger charge is 2.27. The smallest absolute Gasteiger partial charge is 0.352 e. The lowest BCUT2D eigenvalue weighted by Crippen LogP contribution is -2.24. The van der Waals surface area contributed by atoms with Crippen molar-refractivity contribution in [1.82, 2.24) is 14.8 Å². The maximum absolute atomic E-state index is 11.4. The third kappa shape index (κ3) is 2.82. The standard InChI is InChI=1S/C15H15BrN4O4/c1-3-24-13-9(16)4-8(5-12(13)23-2)11-6-10(14(21)22)19-15-17-7-18-20(11)15/h4-7,11H,3H2,1-2H3,(H,21,22)(H,17,18,19). The third-order valence-electron chi connectivity index (χ3n) is 3.52. The van der Waals surface area contributed by atoms with Crippen LogP contribution < -0.4 is 14.8 Å². The van der Waals surface area contributed by atoms with E-state index in [1.54, 1.807) is 23.9 Å². The number of fused-ring (bicyclic) bond motifs is 1. The Hall–Kier alpha value is -2.55. The van der Waals surface area contributed by atoms with E-state index >= 15 is 0 Å². The first-order valence-corrected chi connectivity index (χ1v) is 7.96. The number of aromatic nitrogens is 3. The molecule has 1 aromatic heterocycles. The van der Waals surface area contributed by atoms with Gasteiger partial charge in [-0.05, 0) is 46.6 Å². The number of ether oxygens (including phenoxy) is 2. The van der Waals surface area contributed by atoms with E-state index in [-0.39, 0.29) is 5.70 Å². The van der Waals surface area contributed by atoms with E-state index in [0.717, 1.165) is 5.56 Å². The van der Waals surface area contributed by atoms with Crippen LogP contribution in [0, 0.1) is 0 Å². The van der Waals surface area contributed by atoms with E-state index in [1.165, 1.54) is 6.33 Å². The minimum Gasteiger partial charge on any atom is -0.493 e. The predicted molar refractivity (Wildman–Crippen MR) is 89.4 cm³/mol. The van der Waals surface area contributed by atoms with Crippen LogP contribution in [-0.2, 0) is 4.79 Å². The van der Waals surface area contributed by atoms with Crippen LogP contribution in [0.4, 0.5) is 5.95 Å². The van der Waals surface area contributed by atoms with Gasteiger partial charge in [0, 0.05) is 0 Å². The van der Waals surface area contributed by atoms with Gasteiger partial charge in [0.05, 0.1) is 18.2 Å². The van der Waals surface area contributed by atoms with Gasteiger partial charge in [-0.1, -0.05) is 0 Å². The van der Waals surface area contributed by atoms with E-state index in [0.29, 0.717) is 28.5 Å². The molecule has 0 spiro atoms. The predicted octanol–water partition coefficient (Wildman–Crippen LogP) is 2.43. The molecule has 1 aliphatic rings. The molecule has 2 heterocycles. The fraction of sp³-hybridized carbons (Fsp3) is 0.267. The first-order chi connectivity index (χ1) is 11.5.